The zero-order chi connectivity index (χ0) is 22.5. The van der Waals surface area contributed by atoms with Crippen LogP contribution in [0, 0.1) is 0 Å². The molecule has 162 valence electrons. The van der Waals surface area contributed by atoms with Crippen LogP contribution in [0.4, 0.5) is 0 Å². The fraction of sp³-hybridized carbons (Fsp3) is 0.185. The van der Waals surface area contributed by atoms with Crippen molar-refractivity contribution in [2.75, 3.05) is 6.26 Å². The molecule has 0 aliphatic heterocycles. The van der Waals surface area contributed by atoms with Crippen molar-refractivity contribution in [1.82, 2.24) is 14.9 Å². The highest BCUT2D eigenvalue weighted by atomic mass is 32.2. The van der Waals surface area contributed by atoms with E-state index in [1.807, 2.05) is 97.5 Å². The summed E-state index contributed by atoms with van der Waals surface area (Å²) < 4.78 is 2.02. The number of imidazole rings is 1. The summed E-state index contributed by atoms with van der Waals surface area (Å²) in [6, 6.07) is 28.1. The maximum absolute atomic E-state index is 13.6. The molecule has 0 aliphatic carbocycles. The van der Waals surface area contributed by atoms with Gasteiger partial charge in [-0.05, 0) is 37.8 Å². The van der Waals surface area contributed by atoms with E-state index in [0.717, 1.165) is 27.4 Å². The van der Waals surface area contributed by atoms with Crippen molar-refractivity contribution in [3.63, 3.8) is 0 Å². The minimum Gasteiger partial charge on any atom is -0.344 e. The third kappa shape index (κ3) is 4.48. The summed E-state index contributed by atoms with van der Waals surface area (Å²) in [4.78, 5) is 19.8. The van der Waals surface area contributed by atoms with E-state index in [2.05, 4.69) is 17.4 Å². The highest BCUT2D eigenvalue weighted by molar-refractivity contribution is 7.98. The second kappa shape index (κ2) is 9.88. The predicted molar refractivity (Wildman–Crippen MR) is 133 cm³/mol. The summed E-state index contributed by atoms with van der Waals surface area (Å²) in [7, 11) is 0. The van der Waals surface area contributed by atoms with E-state index in [4.69, 9.17) is 4.98 Å². The third-order valence-corrected chi connectivity index (χ3v) is 6.25. The fourth-order valence-corrected chi connectivity index (χ4v) is 4.32. The van der Waals surface area contributed by atoms with E-state index in [1.165, 1.54) is 0 Å². The molecule has 1 amide bonds. The Morgan fingerprint density at radius 3 is 2.28 bits per heavy atom. The number of amides is 1. The van der Waals surface area contributed by atoms with Crippen LogP contribution in [0.2, 0.25) is 0 Å². The average molecular weight is 442 g/mol. The van der Waals surface area contributed by atoms with Gasteiger partial charge >= 0.3 is 0 Å². The lowest BCUT2D eigenvalue weighted by molar-refractivity contribution is 0.0931. The molecular formula is C27H27N3OS. The van der Waals surface area contributed by atoms with Gasteiger partial charge in [0, 0.05) is 22.6 Å². The molecule has 0 radical (unpaired) electrons. The Morgan fingerprint density at radius 2 is 1.62 bits per heavy atom. The van der Waals surface area contributed by atoms with Crippen LogP contribution in [0.5, 0.6) is 0 Å². The van der Waals surface area contributed by atoms with Crippen molar-refractivity contribution in [3.8, 4) is 22.6 Å². The van der Waals surface area contributed by atoms with Gasteiger partial charge in [0.15, 0.2) is 0 Å². The second-order valence-corrected chi connectivity index (χ2v) is 8.46. The lowest BCUT2D eigenvalue weighted by Crippen LogP contribution is -2.29. The smallest absolute Gasteiger partial charge is 0.270 e. The number of hydrogen-bond acceptors (Lipinski definition) is 3. The van der Waals surface area contributed by atoms with Crippen LogP contribution in [-0.4, -0.2) is 21.7 Å². The zero-order valence-corrected chi connectivity index (χ0v) is 19.4. The van der Waals surface area contributed by atoms with Gasteiger partial charge in [0.1, 0.15) is 17.2 Å². The van der Waals surface area contributed by atoms with E-state index < -0.39 is 0 Å². The Labute approximate surface area is 193 Å². The number of carbonyl (C=O) groups excluding carboxylic acids is 1. The molecule has 4 nitrogen and oxygen atoms in total. The van der Waals surface area contributed by atoms with Crippen LogP contribution in [0.15, 0.2) is 89.8 Å². The van der Waals surface area contributed by atoms with Gasteiger partial charge in [0.25, 0.3) is 5.91 Å². The normalized spacial score (nSPS) is 11.8. The molecule has 1 atom stereocenters. The number of thioether (sulfide) groups is 1. The lowest BCUT2D eigenvalue weighted by atomic mass is 10.1. The van der Waals surface area contributed by atoms with E-state index in [1.54, 1.807) is 11.8 Å². The maximum Gasteiger partial charge on any atom is 0.270 e. The molecule has 0 bridgehead atoms. The van der Waals surface area contributed by atoms with Gasteiger partial charge in [-0.1, -0.05) is 72.8 Å². The van der Waals surface area contributed by atoms with E-state index in [-0.39, 0.29) is 11.9 Å². The Kier molecular flexibility index (Phi) is 6.76. The first-order valence-corrected chi connectivity index (χ1v) is 12.0. The largest absolute Gasteiger partial charge is 0.344 e. The summed E-state index contributed by atoms with van der Waals surface area (Å²) in [6.45, 7) is 4.70. The van der Waals surface area contributed by atoms with Crippen molar-refractivity contribution in [2.45, 2.75) is 31.3 Å². The lowest BCUT2D eigenvalue weighted by Gasteiger charge is -2.16. The van der Waals surface area contributed by atoms with Gasteiger partial charge in [0.2, 0.25) is 0 Å². The topological polar surface area (TPSA) is 46.9 Å². The standard InChI is InChI=1S/C27H27N3OS/c1-4-30-25(27(31)28-19(2)20-12-7-5-8-13-20)24(22-16-11-17-23(18-22)32-3)29-26(30)21-14-9-6-10-15-21/h5-19H,4H2,1-3H3,(H,28,31). The minimum absolute atomic E-state index is 0.116. The van der Waals surface area contributed by atoms with Crippen molar-refractivity contribution in [2.24, 2.45) is 0 Å². The van der Waals surface area contributed by atoms with Gasteiger partial charge < -0.3 is 9.88 Å². The molecule has 0 fully saturated rings. The highest BCUT2D eigenvalue weighted by Gasteiger charge is 2.25. The van der Waals surface area contributed by atoms with Gasteiger partial charge in [0.05, 0.1) is 6.04 Å². The fourth-order valence-electron chi connectivity index (χ4n) is 3.86. The molecule has 0 saturated heterocycles. The van der Waals surface area contributed by atoms with Crippen LogP contribution in [-0.2, 0) is 6.54 Å². The SMILES string of the molecule is CCn1c(-c2ccccc2)nc(-c2cccc(SC)c2)c1C(=O)NC(C)c1ccccc1. The molecule has 1 N–H and O–H groups in total. The van der Waals surface area contributed by atoms with Gasteiger partial charge in [-0.15, -0.1) is 11.8 Å². The van der Waals surface area contributed by atoms with Crippen LogP contribution >= 0.6 is 11.8 Å². The number of benzene rings is 3. The Balaban J connectivity index is 1.83. The molecule has 3 aromatic carbocycles. The number of nitrogens with zero attached hydrogens (tertiary/aromatic N) is 2. The molecule has 4 rings (SSSR count). The Hall–Kier alpha value is -3.31. The molecule has 1 aromatic heterocycles. The van der Waals surface area contributed by atoms with Crippen molar-refractivity contribution >= 4 is 17.7 Å². The number of nitrogens with one attached hydrogen (secondary N) is 1. The molecule has 4 aromatic rings. The van der Waals surface area contributed by atoms with Crippen LogP contribution in [0.3, 0.4) is 0 Å². The third-order valence-electron chi connectivity index (χ3n) is 5.52. The second-order valence-electron chi connectivity index (χ2n) is 7.58. The average Bonchev–Trinajstić information content (AvgIpc) is 3.25. The van der Waals surface area contributed by atoms with Gasteiger partial charge in [-0.25, -0.2) is 4.98 Å². The van der Waals surface area contributed by atoms with Crippen molar-refractivity contribution in [1.29, 1.82) is 0 Å². The molecule has 0 aliphatic rings. The van der Waals surface area contributed by atoms with Crippen molar-refractivity contribution in [3.05, 3.63) is 96.2 Å². The first-order chi connectivity index (χ1) is 15.6. The van der Waals surface area contributed by atoms with E-state index in [0.29, 0.717) is 17.9 Å². The first kappa shape index (κ1) is 21.9. The van der Waals surface area contributed by atoms with Crippen LogP contribution in [0.25, 0.3) is 22.6 Å². The summed E-state index contributed by atoms with van der Waals surface area (Å²) in [5.41, 5.74) is 4.30. The molecule has 32 heavy (non-hydrogen) atoms. The number of carbonyl (C=O) groups is 1. The molecule has 5 heteroatoms. The van der Waals surface area contributed by atoms with Crippen molar-refractivity contribution < 1.29 is 4.79 Å². The number of hydrogen-bond donors (Lipinski definition) is 1. The maximum atomic E-state index is 13.6. The molecule has 1 heterocycles. The molecule has 0 spiro atoms. The molecule has 0 saturated carbocycles. The summed E-state index contributed by atoms with van der Waals surface area (Å²) >= 11 is 1.68. The number of rotatable bonds is 7. The summed E-state index contributed by atoms with van der Waals surface area (Å²) in [6.07, 6.45) is 2.05. The zero-order valence-electron chi connectivity index (χ0n) is 18.6. The first-order valence-electron chi connectivity index (χ1n) is 10.8. The van der Waals surface area contributed by atoms with E-state index >= 15 is 0 Å². The van der Waals surface area contributed by atoms with Gasteiger partial charge in [-0.3, -0.25) is 4.79 Å². The quantitative estimate of drug-likeness (QED) is 0.335. The van der Waals surface area contributed by atoms with Crippen LogP contribution < -0.4 is 5.32 Å². The molecular weight excluding hydrogens is 414 g/mol. The summed E-state index contributed by atoms with van der Waals surface area (Å²) in [5, 5.41) is 3.19. The van der Waals surface area contributed by atoms with Gasteiger partial charge in [-0.2, -0.15) is 0 Å². The predicted octanol–water partition coefficient (Wildman–Crippen LogP) is 6.45. The monoisotopic (exact) mass is 441 g/mol. The summed E-state index contributed by atoms with van der Waals surface area (Å²) in [5.74, 6) is 0.678. The Morgan fingerprint density at radius 1 is 0.969 bits per heavy atom. The Bertz CT molecular complexity index is 1200. The highest BCUT2D eigenvalue weighted by Crippen LogP contribution is 2.32. The molecule has 1 unspecified atom stereocenters. The minimum atomic E-state index is -0.123. The number of aromatic nitrogens is 2. The van der Waals surface area contributed by atoms with E-state index in [9.17, 15) is 4.79 Å². The van der Waals surface area contributed by atoms with Crippen LogP contribution in [0.1, 0.15) is 35.9 Å².